The quantitative estimate of drug-likeness (QED) is 0.580. The lowest BCUT2D eigenvalue weighted by molar-refractivity contribution is -0.280. The molecule has 0 bridgehead atoms. The molecule has 0 aliphatic rings. The standard InChI is InChI=1S/C14H12F8OS/c15-8-13(19,20)14(21,22)11(16)12(17,18)6-7-24-10(23)9-4-2-1-3-5-9/h1-5,11H,6-8H2. The molecule has 0 fully saturated rings. The Bertz CT molecular complexity index is 549. The summed E-state index contributed by atoms with van der Waals surface area (Å²) in [5, 5.41) is -0.664. The zero-order valence-corrected chi connectivity index (χ0v) is 12.7. The van der Waals surface area contributed by atoms with Crippen LogP contribution in [0.1, 0.15) is 16.8 Å². The molecular weight excluding hydrogens is 368 g/mol. The van der Waals surface area contributed by atoms with Gasteiger partial charge in [0.05, 0.1) is 0 Å². The Kier molecular flexibility index (Phi) is 6.66. The van der Waals surface area contributed by atoms with E-state index in [-0.39, 0.29) is 5.56 Å². The van der Waals surface area contributed by atoms with Crippen molar-refractivity contribution in [3.8, 4) is 0 Å². The maximum atomic E-state index is 13.4. The van der Waals surface area contributed by atoms with Crippen LogP contribution < -0.4 is 0 Å². The number of halogens is 8. The van der Waals surface area contributed by atoms with Gasteiger partial charge in [-0.25, -0.2) is 17.6 Å². The molecule has 0 saturated heterocycles. The van der Waals surface area contributed by atoms with E-state index in [9.17, 15) is 39.9 Å². The Balaban J connectivity index is 2.67. The summed E-state index contributed by atoms with van der Waals surface area (Å²) in [6.45, 7) is -2.97. The van der Waals surface area contributed by atoms with Crippen molar-refractivity contribution in [1.82, 2.24) is 0 Å². The summed E-state index contributed by atoms with van der Waals surface area (Å²) in [5.41, 5.74) is 0.150. The second-order valence-electron chi connectivity index (χ2n) is 4.84. The molecule has 0 amide bonds. The summed E-state index contributed by atoms with van der Waals surface area (Å²) < 4.78 is 103. The molecule has 0 aliphatic carbocycles. The molecule has 136 valence electrons. The number of benzene rings is 1. The molecule has 0 spiro atoms. The molecule has 0 aliphatic heterocycles. The number of hydrogen-bond acceptors (Lipinski definition) is 2. The molecule has 0 radical (unpaired) electrons. The molecule has 0 N–H and O–H groups in total. The number of hydrogen-bond donors (Lipinski definition) is 0. The lowest BCUT2D eigenvalue weighted by Crippen LogP contribution is -2.56. The highest BCUT2D eigenvalue weighted by Gasteiger charge is 2.68. The first kappa shape index (κ1) is 20.7. The van der Waals surface area contributed by atoms with Crippen molar-refractivity contribution in [3.05, 3.63) is 35.9 Å². The van der Waals surface area contributed by atoms with E-state index in [0.29, 0.717) is 11.8 Å². The van der Waals surface area contributed by atoms with Crippen LogP contribution in [0, 0.1) is 0 Å². The number of rotatable bonds is 8. The van der Waals surface area contributed by atoms with Gasteiger partial charge in [0.15, 0.2) is 6.67 Å². The van der Waals surface area contributed by atoms with Gasteiger partial charge in [-0.15, -0.1) is 0 Å². The lowest BCUT2D eigenvalue weighted by Gasteiger charge is -2.31. The third-order valence-corrected chi connectivity index (χ3v) is 3.93. The first-order valence-corrected chi connectivity index (χ1v) is 7.50. The molecule has 1 atom stereocenters. The summed E-state index contributed by atoms with van der Waals surface area (Å²) >= 11 is 0.306. The van der Waals surface area contributed by atoms with Crippen LogP contribution in [0.2, 0.25) is 0 Å². The van der Waals surface area contributed by atoms with E-state index in [4.69, 9.17) is 0 Å². The van der Waals surface area contributed by atoms with Gasteiger partial charge in [0.2, 0.25) is 11.3 Å². The predicted molar refractivity (Wildman–Crippen MR) is 73.6 cm³/mol. The molecule has 1 unspecified atom stereocenters. The van der Waals surface area contributed by atoms with E-state index in [2.05, 4.69) is 0 Å². The van der Waals surface area contributed by atoms with Crippen LogP contribution >= 0.6 is 11.8 Å². The van der Waals surface area contributed by atoms with Crippen LogP contribution in [-0.2, 0) is 0 Å². The molecular formula is C14H12F8OS. The fourth-order valence-electron chi connectivity index (χ4n) is 1.60. The van der Waals surface area contributed by atoms with Crippen molar-refractivity contribution >= 4 is 16.9 Å². The largest absolute Gasteiger partial charge is 0.349 e. The van der Waals surface area contributed by atoms with E-state index < -0.39 is 47.9 Å². The first-order chi connectivity index (χ1) is 11.0. The predicted octanol–water partition coefficient (Wildman–Crippen LogP) is 5.16. The zero-order chi connectivity index (χ0) is 18.6. The SMILES string of the molecule is O=C(SCCC(F)(F)C(F)C(F)(F)C(F)(F)CF)c1ccccc1. The Morgan fingerprint density at radius 1 is 1.04 bits per heavy atom. The molecule has 0 aromatic heterocycles. The molecule has 1 rings (SSSR count). The van der Waals surface area contributed by atoms with Gasteiger partial charge in [-0.2, -0.15) is 17.6 Å². The molecule has 0 heterocycles. The highest BCUT2D eigenvalue weighted by Crippen LogP contribution is 2.45. The van der Waals surface area contributed by atoms with Crippen molar-refractivity contribution < 1.29 is 39.9 Å². The van der Waals surface area contributed by atoms with E-state index in [1.54, 1.807) is 6.07 Å². The Labute approximate surface area is 136 Å². The second-order valence-corrected chi connectivity index (χ2v) is 5.90. The van der Waals surface area contributed by atoms with Crippen LogP contribution in [0.5, 0.6) is 0 Å². The number of thioether (sulfide) groups is 1. The van der Waals surface area contributed by atoms with E-state index in [0.717, 1.165) is 0 Å². The molecule has 1 nitrogen and oxygen atoms in total. The summed E-state index contributed by atoms with van der Waals surface area (Å²) in [5.74, 6) is -17.1. The topological polar surface area (TPSA) is 17.1 Å². The smallest absolute Gasteiger partial charge is 0.282 e. The van der Waals surface area contributed by atoms with Gasteiger partial charge in [0.25, 0.3) is 5.92 Å². The Morgan fingerprint density at radius 3 is 2.08 bits per heavy atom. The maximum absolute atomic E-state index is 13.4. The summed E-state index contributed by atoms with van der Waals surface area (Å²) in [7, 11) is 0. The fraction of sp³-hybridized carbons (Fsp3) is 0.500. The van der Waals surface area contributed by atoms with E-state index in [1.807, 2.05) is 0 Å². The zero-order valence-electron chi connectivity index (χ0n) is 11.9. The van der Waals surface area contributed by atoms with Gasteiger partial charge in [-0.05, 0) is 0 Å². The van der Waals surface area contributed by atoms with Gasteiger partial charge >= 0.3 is 11.8 Å². The monoisotopic (exact) mass is 380 g/mol. The summed E-state index contributed by atoms with van der Waals surface area (Å²) in [6.07, 6.45) is -6.17. The summed E-state index contributed by atoms with van der Waals surface area (Å²) in [6, 6.07) is 7.35. The van der Waals surface area contributed by atoms with Crippen molar-refractivity contribution in [1.29, 1.82) is 0 Å². The molecule has 0 saturated carbocycles. The molecule has 1 aromatic carbocycles. The van der Waals surface area contributed by atoms with Gasteiger partial charge in [0, 0.05) is 17.7 Å². The van der Waals surface area contributed by atoms with Gasteiger partial charge in [0.1, 0.15) is 0 Å². The van der Waals surface area contributed by atoms with Gasteiger partial charge in [-0.3, -0.25) is 4.79 Å². The van der Waals surface area contributed by atoms with Crippen LogP contribution in [0.3, 0.4) is 0 Å². The van der Waals surface area contributed by atoms with Crippen LogP contribution in [-0.4, -0.2) is 41.5 Å². The highest BCUT2D eigenvalue weighted by molar-refractivity contribution is 8.14. The van der Waals surface area contributed by atoms with Crippen molar-refractivity contribution in [2.45, 2.75) is 30.4 Å². The second kappa shape index (κ2) is 7.71. The van der Waals surface area contributed by atoms with E-state index in [1.165, 1.54) is 24.3 Å². The highest BCUT2D eigenvalue weighted by atomic mass is 32.2. The Morgan fingerprint density at radius 2 is 1.58 bits per heavy atom. The maximum Gasteiger partial charge on any atom is 0.349 e. The van der Waals surface area contributed by atoms with Crippen LogP contribution in [0.25, 0.3) is 0 Å². The minimum Gasteiger partial charge on any atom is -0.282 e. The average Bonchev–Trinajstić information content (AvgIpc) is 2.54. The average molecular weight is 380 g/mol. The van der Waals surface area contributed by atoms with Crippen molar-refractivity contribution in [3.63, 3.8) is 0 Å². The van der Waals surface area contributed by atoms with Gasteiger partial charge < -0.3 is 0 Å². The van der Waals surface area contributed by atoms with Crippen LogP contribution in [0.15, 0.2) is 30.3 Å². The number of carbonyl (C=O) groups excluding carboxylic acids is 1. The summed E-state index contributed by atoms with van der Waals surface area (Å²) in [4.78, 5) is 11.6. The normalized spacial score (nSPS) is 14.5. The number of alkyl halides is 8. The first-order valence-electron chi connectivity index (χ1n) is 6.51. The minimum atomic E-state index is -5.88. The molecule has 10 heteroatoms. The molecule has 24 heavy (non-hydrogen) atoms. The molecule has 1 aromatic rings. The lowest BCUT2D eigenvalue weighted by atomic mass is 10.0. The Hall–Kier alpha value is -1.32. The van der Waals surface area contributed by atoms with E-state index >= 15 is 0 Å². The minimum absolute atomic E-state index is 0.150. The number of carbonyl (C=O) groups is 1. The van der Waals surface area contributed by atoms with Crippen molar-refractivity contribution in [2.24, 2.45) is 0 Å². The third kappa shape index (κ3) is 4.61. The van der Waals surface area contributed by atoms with Gasteiger partial charge in [-0.1, -0.05) is 42.1 Å². The fourth-order valence-corrected chi connectivity index (χ4v) is 2.47. The third-order valence-electron chi connectivity index (χ3n) is 3.02. The van der Waals surface area contributed by atoms with Crippen LogP contribution in [0.4, 0.5) is 35.1 Å². The van der Waals surface area contributed by atoms with Crippen molar-refractivity contribution in [2.75, 3.05) is 12.4 Å².